The van der Waals surface area contributed by atoms with Crippen LogP contribution in [-0.4, -0.2) is 49.6 Å². The molecule has 2 N–H and O–H groups in total. The van der Waals surface area contributed by atoms with Crippen LogP contribution in [0.3, 0.4) is 0 Å². The van der Waals surface area contributed by atoms with E-state index in [0.717, 1.165) is 6.42 Å². The van der Waals surface area contributed by atoms with Gasteiger partial charge in [-0.1, -0.05) is 6.92 Å². The van der Waals surface area contributed by atoms with Crippen LogP contribution in [0.4, 0.5) is 0 Å². The minimum atomic E-state index is -0.901. The summed E-state index contributed by atoms with van der Waals surface area (Å²) in [6, 6.07) is 0. The average molecular weight is 247 g/mol. The van der Waals surface area contributed by atoms with Crippen LogP contribution in [0.15, 0.2) is 0 Å². The maximum Gasteiger partial charge on any atom is 0.323 e. The SMILES string of the molecule is CCCNC(C)(CCOCCOCC)C(=O)O. The van der Waals surface area contributed by atoms with Gasteiger partial charge >= 0.3 is 5.97 Å². The summed E-state index contributed by atoms with van der Waals surface area (Å²) < 4.78 is 10.5. The van der Waals surface area contributed by atoms with E-state index in [2.05, 4.69) is 5.32 Å². The zero-order chi connectivity index (χ0) is 13.1. The molecule has 5 heteroatoms. The highest BCUT2D eigenvalue weighted by Gasteiger charge is 2.31. The Labute approximate surface area is 103 Å². The fraction of sp³-hybridized carbons (Fsp3) is 0.917. The summed E-state index contributed by atoms with van der Waals surface area (Å²) >= 11 is 0. The van der Waals surface area contributed by atoms with Gasteiger partial charge in [-0.3, -0.25) is 4.79 Å². The van der Waals surface area contributed by atoms with Crippen LogP contribution in [0.25, 0.3) is 0 Å². The monoisotopic (exact) mass is 247 g/mol. The van der Waals surface area contributed by atoms with E-state index in [0.29, 0.717) is 39.4 Å². The molecule has 0 spiro atoms. The minimum Gasteiger partial charge on any atom is -0.480 e. The molecule has 0 saturated carbocycles. The fourth-order valence-electron chi connectivity index (χ4n) is 1.31. The van der Waals surface area contributed by atoms with Gasteiger partial charge in [-0.15, -0.1) is 0 Å². The first-order valence-electron chi connectivity index (χ1n) is 6.20. The average Bonchev–Trinajstić information content (AvgIpc) is 2.31. The molecule has 0 heterocycles. The van der Waals surface area contributed by atoms with Gasteiger partial charge < -0.3 is 19.9 Å². The van der Waals surface area contributed by atoms with Crippen molar-refractivity contribution in [3.05, 3.63) is 0 Å². The number of carboxylic acid groups (broad SMARTS) is 1. The zero-order valence-corrected chi connectivity index (χ0v) is 11.1. The van der Waals surface area contributed by atoms with Gasteiger partial charge in [-0.25, -0.2) is 0 Å². The number of hydrogen-bond donors (Lipinski definition) is 2. The van der Waals surface area contributed by atoms with Crippen LogP contribution < -0.4 is 5.32 Å². The highest BCUT2D eigenvalue weighted by Crippen LogP contribution is 2.10. The number of carboxylic acids is 1. The number of carbonyl (C=O) groups is 1. The Morgan fingerprint density at radius 1 is 1.24 bits per heavy atom. The van der Waals surface area contributed by atoms with Gasteiger partial charge in [-0.2, -0.15) is 0 Å². The second-order valence-corrected chi connectivity index (χ2v) is 4.12. The lowest BCUT2D eigenvalue weighted by molar-refractivity contribution is -0.145. The number of aliphatic carboxylic acids is 1. The Balaban J connectivity index is 3.81. The van der Waals surface area contributed by atoms with Crippen molar-refractivity contribution in [2.24, 2.45) is 0 Å². The summed E-state index contributed by atoms with van der Waals surface area (Å²) in [5, 5.41) is 12.2. The molecule has 0 aliphatic heterocycles. The molecule has 0 amide bonds. The van der Waals surface area contributed by atoms with Crippen LogP contribution in [0.5, 0.6) is 0 Å². The lowest BCUT2D eigenvalue weighted by atomic mass is 9.98. The summed E-state index contributed by atoms with van der Waals surface area (Å²) in [7, 11) is 0. The van der Waals surface area contributed by atoms with Gasteiger partial charge in [0, 0.05) is 13.2 Å². The molecule has 0 rings (SSSR count). The van der Waals surface area contributed by atoms with Crippen molar-refractivity contribution >= 4 is 5.97 Å². The van der Waals surface area contributed by atoms with E-state index in [1.54, 1.807) is 6.92 Å². The molecule has 0 fully saturated rings. The largest absolute Gasteiger partial charge is 0.480 e. The normalized spacial score (nSPS) is 14.5. The predicted octanol–water partition coefficient (Wildman–Crippen LogP) is 1.27. The van der Waals surface area contributed by atoms with Crippen LogP contribution in [0, 0.1) is 0 Å². The molecule has 0 radical (unpaired) electrons. The lowest BCUT2D eigenvalue weighted by Gasteiger charge is -2.26. The molecule has 5 nitrogen and oxygen atoms in total. The molecular formula is C12H25NO4. The van der Waals surface area contributed by atoms with E-state index >= 15 is 0 Å². The summed E-state index contributed by atoms with van der Waals surface area (Å²) in [6.07, 6.45) is 1.36. The van der Waals surface area contributed by atoms with E-state index in [1.807, 2.05) is 13.8 Å². The summed E-state index contributed by atoms with van der Waals surface area (Å²) in [5.41, 5.74) is -0.901. The number of rotatable bonds is 11. The topological polar surface area (TPSA) is 67.8 Å². The fourth-order valence-corrected chi connectivity index (χ4v) is 1.31. The van der Waals surface area contributed by atoms with Crippen molar-refractivity contribution in [1.29, 1.82) is 0 Å². The van der Waals surface area contributed by atoms with E-state index in [1.165, 1.54) is 0 Å². The van der Waals surface area contributed by atoms with Crippen LogP contribution in [-0.2, 0) is 14.3 Å². The number of ether oxygens (including phenoxy) is 2. The Morgan fingerprint density at radius 2 is 1.88 bits per heavy atom. The Morgan fingerprint density at radius 3 is 2.41 bits per heavy atom. The molecule has 0 saturated heterocycles. The standard InChI is InChI=1S/C12H25NO4/c1-4-7-13-12(3,11(14)15)6-8-17-10-9-16-5-2/h13H,4-10H2,1-3H3,(H,14,15). The first kappa shape index (κ1) is 16.4. The van der Waals surface area contributed by atoms with Gasteiger partial charge in [-0.05, 0) is 33.2 Å². The van der Waals surface area contributed by atoms with Gasteiger partial charge in [0.15, 0.2) is 0 Å². The van der Waals surface area contributed by atoms with Crippen LogP contribution in [0.1, 0.15) is 33.6 Å². The Hall–Kier alpha value is -0.650. The van der Waals surface area contributed by atoms with Gasteiger partial charge in [0.2, 0.25) is 0 Å². The van der Waals surface area contributed by atoms with Crippen molar-refractivity contribution in [1.82, 2.24) is 5.32 Å². The summed E-state index contributed by atoms with van der Waals surface area (Å²) in [5.74, 6) is -0.834. The van der Waals surface area contributed by atoms with Gasteiger partial charge in [0.25, 0.3) is 0 Å². The molecule has 102 valence electrons. The Kier molecular flexibility index (Phi) is 9.03. The van der Waals surface area contributed by atoms with Crippen molar-refractivity contribution in [3.8, 4) is 0 Å². The quantitative estimate of drug-likeness (QED) is 0.538. The van der Waals surface area contributed by atoms with Gasteiger partial charge in [0.05, 0.1) is 13.2 Å². The van der Waals surface area contributed by atoms with E-state index in [9.17, 15) is 4.79 Å². The predicted molar refractivity (Wildman–Crippen MR) is 66.3 cm³/mol. The third-order valence-electron chi connectivity index (χ3n) is 2.56. The van der Waals surface area contributed by atoms with Crippen molar-refractivity contribution in [2.45, 2.75) is 39.2 Å². The molecule has 1 atom stereocenters. The van der Waals surface area contributed by atoms with Crippen molar-refractivity contribution < 1.29 is 19.4 Å². The zero-order valence-electron chi connectivity index (χ0n) is 11.1. The van der Waals surface area contributed by atoms with E-state index in [4.69, 9.17) is 14.6 Å². The molecule has 0 aliphatic rings. The van der Waals surface area contributed by atoms with E-state index < -0.39 is 11.5 Å². The van der Waals surface area contributed by atoms with Gasteiger partial charge in [0.1, 0.15) is 5.54 Å². The molecule has 1 unspecified atom stereocenters. The van der Waals surface area contributed by atoms with Crippen LogP contribution in [0.2, 0.25) is 0 Å². The lowest BCUT2D eigenvalue weighted by Crippen LogP contribution is -2.50. The van der Waals surface area contributed by atoms with E-state index in [-0.39, 0.29) is 0 Å². The molecule has 17 heavy (non-hydrogen) atoms. The summed E-state index contributed by atoms with van der Waals surface area (Å²) in [6.45, 7) is 8.49. The van der Waals surface area contributed by atoms with Crippen molar-refractivity contribution in [3.63, 3.8) is 0 Å². The maximum absolute atomic E-state index is 11.2. The molecule has 0 aromatic heterocycles. The highest BCUT2D eigenvalue weighted by atomic mass is 16.5. The minimum absolute atomic E-state index is 0.423. The molecule has 0 aromatic rings. The third kappa shape index (κ3) is 7.31. The summed E-state index contributed by atoms with van der Waals surface area (Å²) in [4.78, 5) is 11.2. The maximum atomic E-state index is 11.2. The molecule has 0 aliphatic carbocycles. The first-order valence-corrected chi connectivity index (χ1v) is 6.20. The molecular weight excluding hydrogens is 222 g/mol. The molecule has 0 aromatic carbocycles. The molecule has 0 bridgehead atoms. The highest BCUT2D eigenvalue weighted by molar-refractivity contribution is 5.78. The smallest absolute Gasteiger partial charge is 0.323 e. The second kappa shape index (κ2) is 9.39. The Bertz CT molecular complexity index is 211. The number of nitrogens with one attached hydrogen (secondary N) is 1. The first-order chi connectivity index (χ1) is 8.06. The third-order valence-corrected chi connectivity index (χ3v) is 2.56. The van der Waals surface area contributed by atoms with Crippen LogP contribution >= 0.6 is 0 Å². The number of hydrogen-bond acceptors (Lipinski definition) is 4. The van der Waals surface area contributed by atoms with Crippen molar-refractivity contribution in [2.75, 3.05) is 33.0 Å². The second-order valence-electron chi connectivity index (χ2n) is 4.12.